The number of carbonyl (C=O) groups excluding carboxylic acids is 2. The van der Waals surface area contributed by atoms with Crippen LogP contribution in [0.3, 0.4) is 0 Å². The van der Waals surface area contributed by atoms with Crippen LogP contribution in [0, 0.1) is 5.41 Å². The molecule has 0 aliphatic carbocycles. The van der Waals surface area contributed by atoms with Crippen molar-refractivity contribution in [3.63, 3.8) is 0 Å². The van der Waals surface area contributed by atoms with E-state index in [9.17, 15) is 41.0 Å². The van der Waals surface area contributed by atoms with Gasteiger partial charge in [0.25, 0.3) is 5.91 Å². The number of hydrogen-bond donors (Lipinski definition) is 4. The Hall–Kier alpha value is -3.89. The van der Waals surface area contributed by atoms with Crippen LogP contribution in [0.15, 0.2) is 48.8 Å². The third-order valence-corrected chi connectivity index (χ3v) is 5.69. The highest BCUT2D eigenvalue weighted by atomic mass is 35.5. The Morgan fingerprint density at radius 2 is 1.66 bits per heavy atom. The van der Waals surface area contributed by atoms with Crippen molar-refractivity contribution in [2.45, 2.75) is 25.0 Å². The molecule has 0 saturated carbocycles. The van der Waals surface area contributed by atoms with E-state index in [0.717, 1.165) is 17.1 Å². The first-order chi connectivity index (χ1) is 19.0. The molecule has 4 N–H and O–H groups in total. The van der Waals surface area contributed by atoms with Crippen molar-refractivity contribution in [2.24, 2.45) is 0 Å². The maximum atomic E-state index is 13.0. The van der Waals surface area contributed by atoms with Crippen molar-refractivity contribution in [3.8, 4) is 5.69 Å². The van der Waals surface area contributed by atoms with Gasteiger partial charge < -0.3 is 15.7 Å². The summed E-state index contributed by atoms with van der Waals surface area (Å²) in [6.45, 7) is -3.39. The molecule has 220 valence electrons. The van der Waals surface area contributed by atoms with Gasteiger partial charge in [0.1, 0.15) is 18.7 Å². The van der Waals surface area contributed by atoms with Gasteiger partial charge in [-0.3, -0.25) is 15.1 Å². The largest absolute Gasteiger partial charge is 0.416 e. The van der Waals surface area contributed by atoms with Crippen LogP contribution in [-0.2, 0) is 6.54 Å². The van der Waals surface area contributed by atoms with Crippen molar-refractivity contribution < 1.29 is 41.0 Å². The average molecular weight is 626 g/mol. The quantitative estimate of drug-likeness (QED) is 0.168. The van der Waals surface area contributed by atoms with E-state index < -0.39 is 55.9 Å². The number of rotatable bonds is 8. The van der Waals surface area contributed by atoms with Crippen molar-refractivity contribution >= 4 is 41.0 Å². The van der Waals surface area contributed by atoms with E-state index >= 15 is 0 Å². The van der Waals surface area contributed by atoms with Gasteiger partial charge in [-0.25, -0.2) is 14.5 Å². The van der Waals surface area contributed by atoms with Crippen LogP contribution in [0.4, 0.5) is 31.1 Å². The van der Waals surface area contributed by atoms with Crippen LogP contribution < -0.4 is 10.6 Å². The Labute approximate surface area is 237 Å². The summed E-state index contributed by atoms with van der Waals surface area (Å²) in [6.07, 6.45) is -11.6. The highest BCUT2D eigenvalue weighted by Crippen LogP contribution is 2.23. The van der Waals surface area contributed by atoms with Crippen LogP contribution in [0.5, 0.6) is 0 Å². The molecule has 0 aliphatic heterocycles. The normalized spacial score (nSPS) is 12.5. The van der Waals surface area contributed by atoms with E-state index in [1.807, 2.05) is 0 Å². The number of amidine groups is 1. The second-order valence-corrected chi connectivity index (χ2v) is 9.12. The first kappa shape index (κ1) is 31.6. The molecule has 3 rings (SSSR count). The van der Waals surface area contributed by atoms with Crippen LogP contribution in [0.1, 0.15) is 21.7 Å². The highest BCUT2D eigenvalue weighted by Gasteiger charge is 2.41. The molecule has 0 aliphatic rings. The monoisotopic (exact) mass is 625 g/mol. The molecule has 0 saturated heterocycles. The lowest BCUT2D eigenvalue weighted by atomic mass is 10.1. The van der Waals surface area contributed by atoms with E-state index in [1.165, 1.54) is 36.4 Å². The van der Waals surface area contributed by atoms with Gasteiger partial charge in [0.15, 0.2) is 11.9 Å². The topological polar surface area (TPSA) is 136 Å². The van der Waals surface area contributed by atoms with Gasteiger partial charge in [0.2, 0.25) is 0 Å². The fourth-order valence-electron chi connectivity index (χ4n) is 3.23. The number of nitrogens with zero attached hydrogens (tertiary/aromatic N) is 4. The van der Waals surface area contributed by atoms with E-state index in [-0.39, 0.29) is 32.7 Å². The van der Waals surface area contributed by atoms with E-state index in [1.54, 1.807) is 5.32 Å². The van der Waals surface area contributed by atoms with Crippen molar-refractivity contribution in [2.75, 3.05) is 13.1 Å². The van der Waals surface area contributed by atoms with Gasteiger partial charge in [0, 0.05) is 15.6 Å². The van der Waals surface area contributed by atoms with E-state index in [2.05, 4.69) is 15.4 Å². The summed E-state index contributed by atoms with van der Waals surface area (Å²) in [7, 11) is 0. The molecule has 0 radical (unpaired) electrons. The number of alkyl halides is 6. The SMILES string of the molecule is N=C(c1ccc(Cl)cc1)N(C[C@H](O)C(F)(F)F)C(=O)NCc1ncn(-c2ccc(Cl)cc2C(=O)NCC(F)(F)F)n1. The summed E-state index contributed by atoms with van der Waals surface area (Å²) >= 11 is 11.7. The zero-order valence-electron chi connectivity index (χ0n) is 20.4. The number of urea groups is 1. The number of halogens is 8. The van der Waals surface area contributed by atoms with Crippen LogP contribution in [-0.4, -0.2) is 74.1 Å². The molecule has 1 aromatic heterocycles. The lowest BCUT2D eigenvalue weighted by molar-refractivity contribution is -0.204. The average Bonchev–Trinajstić information content (AvgIpc) is 3.36. The number of benzene rings is 2. The van der Waals surface area contributed by atoms with Crippen molar-refractivity contribution in [1.82, 2.24) is 30.3 Å². The van der Waals surface area contributed by atoms with Gasteiger partial charge in [0.05, 0.1) is 24.3 Å². The molecule has 41 heavy (non-hydrogen) atoms. The minimum atomic E-state index is -5.08. The molecular weight excluding hydrogens is 607 g/mol. The number of aromatic nitrogens is 3. The summed E-state index contributed by atoms with van der Waals surface area (Å²) in [5.41, 5.74) is -0.259. The number of nitrogens with one attached hydrogen (secondary N) is 3. The molecule has 1 heterocycles. The van der Waals surface area contributed by atoms with Gasteiger partial charge in [-0.15, -0.1) is 5.10 Å². The number of carbonyl (C=O) groups is 2. The first-order valence-corrected chi connectivity index (χ1v) is 12.0. The summed E-state index contributed by atoms with van der Waals surface area (Å²) in [4.78, 5) is 29.5. The van der Waals surface area contributed by atoms with Crippen LogP contribution >= 0.6 is 23.2 Å². The van der Waals surface area contributed by atoms with Crippen molar-refractivity contribution in [1.29, 1.82) is 5.41 Å². The predicted molar refractivity (Wildman–Crippen MR) is 134 cm³/mol. The second-order valence-electron chi connectivity index (χ2n) is 8.25. The summed E-state index contributed by atoms with van der Waals surface area (Å²) in [5.74, 6) is -1.90. The summed E-state index contributed by atoms with van der Waals surface area (Å²) in [5, 5.41) is 26.1. The Morgan fingerprint density at radius 1 is 1.02 bits per heavy atom. The lowest BCUT2D eigenvalue weighted by Gasteiger charge is -2.26. The number of amides is 3. The number of hydrogen-bond acceptors (Lipinski definition) is 6. The summed E-state index contributed by atoms with van der Waals surface area (Å²) in [6, 6.07) is 7.83. The molecule has 10 nitrogen and oxygen atoms in total. The molecule has 0 fully saturated rings. The summed E-state index contributed by atoms with van der Waals surface area (Å²) < 4.78 is 77.7. The molecule has 3 amide bonds. The second kappa shape index (κ2) is 12.7. The van der Waals surface area contributed by atoms with Gasteiger partial charge in [-0.05, 0) is 42.5 Å². The molecule has 18 heteroatoms. The zero-order chi connectivity index (χ0) is 30.5. The van der Waals surface area contributed by atoms with E-state index in [4.69, 9.17) is 28.6 Å². The van der Waals surface area contributed by atoms with Crippen molar-refractivity contribution in [3.05, 3.63) is 75.8 Å². The molecule has 1 atom stereocenters. The Morgan fingerprint density at radius 3 is 2.27 bits per heavy atom. The first-order valence-electron chi connectivity index (χ1n) is 11.2. The van der Waals surface area contributed by atoms with Gasteiger partial charge in [-0.1, -0.05) is 23.2 Å². The standard InChI is InChI=1S/C23H19Cl2F6N7O3/c24-13-3-1-12(2-4-13)19(32)37(9-17(39)23(29,30)31)21(41)33-8-18-35-11-38(36-18)16-6-5-14(25)7-15(16)20(40)34-10-22(26,27)28/h1-7,11,17,32,39H,8-10H2,(H,33,41)(H,34,40)/t17-/m0/s1. The maximum absolute atomic E-state index is 13.0. The Balaban J connectivity index is 1.78. The Bertz CT molecular complexity index is 1410. The fraction of sp³-hybridized carbons (Fsp3) is 0.261. The van der Waals surface area contributed by atoms with E-state index in [0.29, 0.717) is 4.90 Å². The smallest absolute Gasteiger partial charge is 0.382 e. The molecule has 2 aromatic carbocycles. The highest BCUT2D eigenvalue weighted by molar-refractivity contribution is 6.31. The zero-order valence-corrected chi connectivity index (χ0v) is 21.9. The molecule has 0 unspecified atom stereocenters. The minimum Gasteiger partial charge on any atom is -0.382 e. The molecular formula is C23H19Cl2F6N7O3. The van der Waals surface area contributed by atoms with Crippen LogP contribution in [0.25, 0.3) is 5.69 Å². The lowest BCUT2D eigenvalue weighted by Crippen LogP contribution is -2.50. The third-order valence-electron chi connectivity index (χ3n) is 5.20. The Kier molecular flexibility index (Phi) is 9.83. The number of aliphatic hydroxyl groups is 1. The molecule has 0 bridgehead atoms. The molecule has 0 spiro atoms. The fourth-order valence-corrected chi connectivity index (χ4v) is 3.52. The minimum absolute atomic E-state index is 0.0152. The number of aliphatic hydroxyl groups excluding tert-OH is 1. The van der Waals surface area contributed by atoms with Gasteiger partial charge >= 0.3 is 18.4 Å². The predicted octanol–water partition coefficient (Wildman–Crippen LogP) is 4.33. The third kappa shape index (κ3) is 8.80. The van der Waals surface area contributed by atoms with Crippen LogP contribution in [0.2, 0.25) is 10.0 Å². The molecule has 3 aromatic rings. The maximum Gasteiger partial charge on any atom is 0.416 e. The van der Waals surface area contributed by atoms with Gasteiger partial charge in [-0.2, -0.15) is 26.3 Å².